The van der Waals surface area contributed by atoms with E-state index in [2.05, 4.69) is 16.3 Å². The smallest absolute Gasteiger partial charge is 0.101 e. The Balaban J connectivity index is 2.31. The highest BCUT2D eigenvalue weighted by Gasteiger charge is 2.14. The van der Waals surface area contributed by atoms with Crippen LogP contribution in [0.2, 0.25) is 5.02 Å². The number of rotatable bonds is 1. The second-order valence-corrected chi connectivity index (χ2v) is 3.87. The lowest BCUT2D eigenvalue weighted by molar-refractivity contribution is 0.589. The van der Waals surface area contributed by atoms with Crippen molar-refractivity contribution in [1.82, 2.24) is 5.32 Å². The van der Waals surface area contributed by atoms with Gasteiger partial charge in [-0.2, -0.15) is 5.26 Å². The summed E-state index contributed by atoms with van der Waals surface area (Å²) in [5, 5.41) is 12.7. The fourth-order valence-electron chi connectivity index (χ4n) is 1.76. The van der Waals surface area contributed by atoms with Gasteiger partial charge >= 0.3 is 0 Å². The molecule has 0 atom stereocenters. The van der Waals surface area contributed by atoms with Crippen LogP contribution in [-0.2, 0) is 0 Å². The Kier molecular flexibility index (Phi) is 3.10. The van der Waals surface area contributed by atoms with E-state index >= 15 is 0 Å². The minimum Gasteiger partial charge on any atom is -0.368 e. The highest BCUT2D eigenvalue weighted by atomic mass is 35.5. The minimum absolute atomic E-state index is 0.549. The Labute approximate surface area is 94.3 Å². The van der Waals surface area contributed by atoms with E-state index in [1.165, 1.54) is 0 Å². The third-order valence-electron chi connectivity index (χ3n) is 2.56. The van der Waals surface area contributed by atoms with Gasteiger partial charge < -0.3 is 10.2 Å². The quantitative estimate of drug-likeness (QED) is 0.784. The van der Waals surface area contributed by atoms with Crippen molar-refractivity contribution in [3.05, 3.63) is 28.8 Å². The van der Waals surface area contributed by atoms with E-state index in [4.69, 9.17) is 16.9 Å². The normalized spacial score (nSPS) is 16.1. The van der Waals surface area contributed by atoms with Crippen LogP contribution in [0.15, 0.2) is 18.2 Å². The van der Waals surface area contributed by atoms with Crippen LogP contribution in [0, 0.1) is 11.3 Å². The molecule has 1 aromatic rings. The van der Waals surface area contributed by atoms with E-state index in [0.29, 0.717) is 10.6 Å². The van der Waals surface area contributed by atoms with Crippen LogP contribution in [0.1, 0.15) is 5.56 Å². The van der Waals surface area contributed by atoms with Gasteiger partial charge in [-0.25, -0.2) is 0 Å². The van der Waals surface area contributed by atoms with Gasteiger partial charge in [0.15, 0.2) is 0 Å². The number of nitriles is 1. The maximum Gasteiger partial charge on any atom is 0.101 e. The molecule has 78 valence electrons. The van der Waals surface area contributed by atoms with Gasteiger partial charge in [0.05, 0.1) is 16.3 Å². The molecule has 4 heteroatoms. The molecule has 0 saturated carbocycles. The molecular weight excluding hydrogens is 210 g/mol. The summed E-state index contributed by atoms with van der Waals surface area (Å²) >= 11 is 6.16. The number of nitrogens with zero attached hydrogens (tertiary/aromatic N) is 2. The summed E-state index contributed by atoms with van der Waals surface area (Å²) < 4.78 is 0. The number of nitrogens with one attached hydrogen (secondary N) is 1. The fourth-order valence-corrected chi connectivity index (χ4v) is 2.04. The highest BCUT2D eigenvalue weighted by Crippen LogP contribution is 2.28. The average Bonchev–Trinajstić information content (AvgIpc) is 2.30. The SMILES string of the molecule is N#Cc1cccc(N2CCNCC2)c1Cl. The van der Waals surface area contributed by atoms with E-state index in [0.717, 1.165) is 31.9 Å². The largest absolute Gasteiger partial charge is 0.368 e. The monoisotopic (exact) mass is 221 g/mol. The molecule has 1 aromatic carbocycles. The lowest BCUT2D eigenvalue weighted by Gasteiger charge is -2.30. The van der Waals surface area contributed by atoms with E-state index in [-0.39, 0.29) is 0 Å². The number of piperazine rings is 1. The third kappa shape index (κ3) is 2.06. The Morgan fingerprint density at radius 1 is 1.33 bits per heavy atom. The number of anilines is 1. The van der Waals surface area contributed by atoms with Crippen LogP contribution in [0.3, 0.4) is 0 Å². The minimum atomic E-state index is 0.549. The van der Waals surface area contributed by atoms with Gasteiger partial charge in [0.25, 0.3) is 0 Å². The van der Waals surface area contributed by atoms with Crippen molar-refractivity contribution in [3.8, 4) is 6.07 Å². The Hall–Kier alpha value is -1.24. The zero-order valence-corrected chi connectivity index (χ0v) is 9.09. The molecule has 0 bridgehead atoms. The van der Waals surface area contributed by atoms with Gasteiger partial charge in [-0.3, -0.25) is 0 Å². The Bertz CT molecular complexity index is 391. The van der Waals surface area contributed by atoms with Crippen molar-refractivity contribution in [2.24, 2.45) is 0 Å². The van der Waals surface area contributed by atoms with Gasteiger partial charge in [-0.1, -0.05) is 17.7 Å². The second-order valence-electron chi connectivity index (χ2n) is 3.49. The number of hydrogen-bond donors (Lipinski definition) is 1. The maximum absolute atomic E-state index is 8.88. The van der Waals surface area contributed by atoms with Crippen molar-refractivity contribution in [1.29, 1.82) is 5.26 Å². The molecular formula is C11H12ClN3. The zero-order valence-electron chi connectivity index (χ0n) is 8.33. The third-order valence-corrected chi connectivity index (χ3v) is 2.95. The molecule has 1 aliphatic heterocycles. The van der Waals surface area contributed by atoms with Crippen molar-refractivity contribution in [2.75, 3.05) is 31.1 Å². The van der Waals surface area contributed by atoms with E-state index in [1.807, 2.05) is 12.1 Å². The molecule has 1 fully saturated rings. The van der Waals surface area contributed by atoms with Crippen LogP contribution < -0.4 is 10.2 Å². The van der Waals surface area contributed by atoms with Crippen LogP contribution in [-0.4, -0.2) is 26.2 Å². The topological polar surface area (TPSA) is 39.1 Å². The van der Waals surface area contributed by atoms with E-state index < -0.39 is 0 Å². The molecule has 1 aliphatic rings. The molecule has 0 unspecified atom stereocenters. The second kappa shape index (κ2) is 4.52. The maximum atomic E-state index is 8.88. The van der Waals surface area contributed by atoms with E-state index in [9.17, 15) is 0 Å². The molecule has 15 heavy (non-hydrogen) atoms. The van der Waals surface area contributed by atoms with Gasteiger partial charge in [-0.05, 0) is 12.1 Å². The molecule has 0 radical (unpaired) electrons. The first-order valence-corrected chi connectivity index (χ1v) is 5.35. The van der Waals surface area contributed by atoms with Crippen molar-refractivity contribution >= 4 is 17.3 Å². The summed E-state index contributed by atoms with van der Waals surface area (Å²) in [5.74, 6) is 0. The summed E-state index contributed by atoms with van der Waals surface area (Å²) in [4.78, 5) is 2.21. The molecule has 1 heterocycles. The van der Waals surface area contributed by atoms with Crippen LogP contribution in [0.25, 0.3) is 0 Å². The first-order chi connectivity index (χ1) is 7.33. The van der Waals surface area contributed by atoms with Crippen molar-refractivity contribution in [3.63, 3.8) is 0 Å². The molecule has 1 saturated heterocycles. The molecule has 0 spiro atoms. The molecule has 0 aliphatic carbocycles. The summed E-state index contributed by atoms with van der Waals surface area (Å²) in [7, 11) is 0. The first-order valence-electron chi connectivity index (χ1n) is 4.97. The summed E-state index contributed by atoms with van der Waals surface area (Å²) in [6.45, 7) is 3.81. The standard InChI is InChI=1S/C11H12ClN3/c12-11-9(8-13)2-1-3-10(11)15-6-4-14-5-7-15/h1-3,14H,4-7H2. The van der Waals surface area contributed by atoms with E-state index in [1.54, 1.807) is 6.07 Å². The fraction of sp³-hybridized carbons (Fsp3) is 0.364. The lowest BCUT2D eigenvalue weighted by atomic mass is 10.2. The van der Waals surface area contributed by atoms with Crippen LogP contribution in [0.4, 0.5) is 5.69 Å². The van der Waals surface area contributed by atoms with Crippen molar-refractivity contribution in [2.45, 2.75) is 0 Å². The van der Waals surface area contributed by atoms with Crippen LogP contribution >= 0.6 is 11.6 Å². The lowest BCUT2D eigenvalue weighted by Crippen LogP contribution is -2.43. The molecule has 2 rings (SSSR count). The molecule has 3 nitrogen and oxygen atoms in total. The average molecular weight is 222 g/mol. The predicted octanol–water partition coefficient (Wildman–Crippen LogP) is 1.62. The predicted molar refractivity (Wildman–Crippen MR) is 61.2 cm³/mol. The van der Waals surface area contributed by atoms with Gasteiger partial charge in [0.1, 0.15) is 6.07 Å². The Morgan fingerprint density at radius 2 is 2.07 bits per heavy atom. The van der Waals surface area contributed by atoms with Gasteiger partial charge in [0.2, 0.25) is 0 Å². The van der Waals surface area contributed by atoms with Crippen molar-refractivity contribution < 1.29 is 0 Å². The van der Waals surface area contributed by atoms with Gasteiger partial charge in [0, 0.05) is 26.2 Å². The first kappa shape index (κ1) is 10.3. The number of benzene rings is 1. The number of hydrogen-bond acceptors (Lipinski definition) is 3. The highest BCUT2D eigenvalue weighted by molar-refractivity contribution is 6.34. The zero-order chi connectivity index (χ0) is 10.7. The molecule has 0 aromatic heterocycles. The van der Waals surface area contributed by atoms with Crippen LogP contribution in [0.5, 0.6) is 0 Å². The van der Waals surface area contributed by atoms with Gasteiger partial charge in [-0.15, -0.1) is 0 Å². The Morgan fingerprint density at radius 3 is 2.73 bits per heavy atom. The summed E-state index contributed by atoms with van der Waals surface area (Å²) in [6, 6.07) is 7.69. The molecule has 1 N–H and O–H groups in total. The summed E-state index contributed by atoms with van der Waals surface area (Å²) in [5.41, 5.74) is 1.52. The summed E-state index contributed by atoms with van der Waals surface area (Å²) in [6.07, 6.45) is 0. The molecule has 0 amide bonds. The number of halogens is 1.